The number of nitrogens with zero attached hydrogens (tertiary/aromatic N) is 1. The van der Waals surface area contributed by atoms with E-state index in [9.17, 15) is 5.11 Å². The third-order valence-corrected chi connectivity index (χ3v) is 5.86. The van der Waals surface area contributed by atoms with Gasteiger partial charge in [-0.05, 0) is 52.3 Å². The summed E-state index contributed by atoms with van der Waals surface area (Å²) in [4.78, 5) is 5.94. The van der Waals surface area contributed by atoms with Gasteiger partial charge >= 0.3 is 0 Å². The Morgan fingerprint density at radius 2 is 1.94 bits per heavy atom. The van der Waals surface area contributed by atoms with Crippen LogP contribution in [0.4, 0.5) is 5.69 Å². The van der Waals surface area contributed by atoms with E-state index in [0.717, 1.165) is 22.6 Å². The Kier molecular flexibility index (Phi) is 6.04. The molecule has 0 amide bonds. The summed E-state index contributed by atoms with van der Waals surface area (Å²) in [5.41, 5.74) is 2.73. The smallest absolute Gasteiger partial charge is 0.231 e. The van der Waals surface area contributed by atoms with Crippen LogP contribution in [0.1, 0.15) is 36.8 Å². The van der Waals surface area contributed by atoms with Crippen molar-refractivity contribution in [3.05, 3.63) is 69.9 Å². The molecule has 3 N–H and O–H groups in total. The number of fused-ring (bicyclic) bond motifs is 1. The highest BCUT2D eigenvalue weighted by atomic mass is 32.1. The fourth-order valence-electron chi connectivity index (χ4n) is 3.16. The second kappa shape index (κ2) is 8.89. The molecule has 0 saturated carbocycles. The van der Waals surface area contributed by atoms with Gasteiger partial charge in [-0.2, -0.15) is 0 Å². The number of phenols is 1. The summed E-state index contributed by atoms with van der Waals surface area (Å²) in [5.74, 6) is 2.27. The normalized spacial score (nSPS) is 13.3. The molecule has 1 aliphatic rings. The van der Waals surface area contributed by atoms with Gasteiger partial charge in [0.1, 0.15) is 5.75 Å². The number of nitrogens with one attached hydrogen (secondary N) is 2. The Labute approximate surface area is 186 Å². The maximum Gasteiger partial charge on any atom is 0.231 e. The molecule has 0 bridgehead atoms. The number of rotatable bonds is 5. The van der Waals surface area contributed by atoms with Crippen LogP contribution in [0.2, 0.25) is 0 Å². The van der Waals surface area contributed by atoms with Crippen LogP contribution in [0, 0.1) is 0 Å². The Balaban J connectivity index is 1.56. The van der Waals surface area contributed by atoms with Gasteiger partial charge in [-0.15, -0.1) is 11.3 Å². The summed E-state index contributed by atoms with van der Waals surface area (Å²) >= 11 is 1.68. The van der Waals surface area contributed by atoms with Gasteiger partial charge < -0.3 is 25.2 Å². The molecule has 0 unspecified atom stereocenters. The predicted octanol–water partition coefficient (Wildman–Crippen LogP) is 5.24. The largest absolute Gasteiger partial charge is 0.506 e. The van der Waals surface area contributed by atoms with Crippen molar-refractivity contribution in [3.63, 3.8) is 0 Å². The number of hydrogen-bond acceptors (Lipinski definition) is 5. The summed E-state index contributed by atoms with van der Waals surface area (Å²) in [7, 11) is 0. The number of ether oxygens (including phenoxy) is 2. The fourth-order valence-corrected chi connectivity index (χ4v) is 3.81. The van der Waals surface area contributed by atoms with Crippen LogP contribution in [-0.4, -0.2) is 17.9 Å². The zero-order valence-electron chi connectivity index (χ0n) is 17.9. The second-order valence-electron chi connectivity index (χ2n) is 8.39. The van der Waals surface area contributed by atoms with Crippen LogP contribution in [0.5, 0.6) is 17.2 Å². The molecule has 0 spiro atoms. The highest BCUT2D eigenvalue weighted by molar-refractivity contribution is 7.09. The molecule has 31 heavy (non-hydrogen) atoms. The molecule has 162 valence electrons. The zero-order chi connectivity index (χ0) is 21.8. The van der Waals surface area contributed by atoms with Crippen molar-refractivity contribution in [2.24, 2.45) is 4.99 Å². The number of aromatic hydroxyl groups is 1. The van der Waals surface area contributed by atoms with Gasteiger partial charge in [0.05, 0.1) is 18.8 Å². The standard InChI is InChI=1S/C24H27N3O3S/c1-24(2,3)17-7-8-20(28)19(12-17)27-23(26-14-18-5-4-10-31-18)25-13-16-6-9-21-22(11-16)30-15-29-21/h4-12,28H,13-15H2,1-3H3,(H2,25,26,27). The van der Waals surface area contributed by atoms with Crippen LogP contribution in [0.25, 0.3) is 0 Å². The van der Waals surface area contributed by atoms with Crippen LogP contribution in [0.15, 0.2) is 58.9 Å². The molecule has 0 aliphatic carbocycles. The number of benzene rings is 2. The van der Waals surface area contributed by atoms with Crippen molar-refractivity contribution in [3.8, 4) is 17.2 Å². The molecule has 1 aliphatic heterocycles. The van der Waals surface area contributed by atoms with Gasteiger partial charge in [0.2, 0.25) is 6.79 Å². The predicted molar refractivity (Wildman–Crippen MR) is 125 cm³/mol. The lowest BCUT2D eigenvalue weighted by Crippen LogP contribution is -2.30. The summed E-state index contributed by atoms with van der Waals surface area (Å²) in [5, 5.41) is 19.1. The minimum atomic E-state index is -0.0294. The van der Waals surface area contributed by atoms with Crippen molar-refractivity contribution in [1.82, 2.24) is 5.32 Å². The van der Waals surface area contributed by atoms with E-state index in [1.165, 1.54) is 4.88 Å². The number of guanidine groups is 1. The molecular weight excluding hydrogens is 410 g/mol. The van der Waals surface area contributed by atoms with Crippen LogP contribution >= 0.6 is 11.3 Å². The Bertz CT molecular complexity index is 1070. The van der Waals surface area contributed by atoms with E-state index in [4.69, 9.17) is 14.5 Å². The lowest BCUT2D eigenvalue weighted by Gasteiger charge is -2.21. The number of aliphatic imine (C=N–C) groups is 1. The van der Waals surface area contributed by atoms with Crippen molar-refractivity contribution in [2.45, 2.75) is 39.3 Å². The molecular formula is C24H27N3O3S. The molecule has 2 heterocycles. The molecule has 3 aromatic rings. The van der Waals surface area contributed by atoms with E-state index >= 15 is 0 Å². The third-order valence-electron chi connectivity index (χ3n) is 4.98. The molecule has 0 radical (unpaired) electrons. The van der Waals surface area contributed by atoms with Crippen LogP contribution in [-0.2, 0) is 18.5 Å². The SMILES string of the molecule is CC(C)(C)c1ccc(O)c(NC(=NCc2ccc3c(c2)OCO3)NCc2cccs2)c1. The first-order chi connectivity index (χ1) is 14.9. The molecule has 1 aromatic heterocycles. The van der Waals surface area contributed by atoms with Crippen LogP contribution < -0.4 is 20.1 Å². The van der Waals surface area contributed by atoms with E-state index in [1.807, 2.05) is 41.8 Å². The first-order valence-electron chi connectivity index (χ1n) is 10.2. The van der Waals surface area contributed by atoms with Gasteiger partial charge in [0, 0.05) is 4.88 Å². The molecule has 0 fully saturated rings. The van der Waals surface area contributed by atoms with E-state index in [2.05, 4.69) is 37.5 Å². The van der Waals surface area contributed by atoms with Crippen molar-refractivity contribution < 1.29 is 14.6 Å². The van der Waals surface area contributed by atoms with E-state index in [-0.39, 0.29) is 18.0 Å². The lowest BCUT2D eigenvalue weighted by molar-refractivity contribution is 0.174. The second-order valence-corrected chi connectivity index (χ2v) is 9.42. The summed E-state index contributed by atoms with van der Waals surface area (Å²) < 4.78 is 10.8. The Hall–Kier alpha value is -3.19. The first-order valence-corrected chi connectivity index (χ1v) is 11.1. The van der Waals surface area contributed by atoms with Crippen molar-refractivity contribution in [1.29, 1.82) is 0 Å². The number of anilines is 1. The topological polar surface area (TPSA) is 75.1 Å². The van der Waals surface area contributed by atoms with Crippen molar-refractivity contribution in [2.75, 3.05) is 12.1 Å². The lowest BCUT2D eigenvalue weighted by atomic mass is 9.87. The molecule has 4 rings (SSSR count). The molecule has 6 nitrogen and oxygen atoms in total. The van der Waals surface area contributed by atoms with Gasteiger partial charge in [0.25, 0.3) is 0 Å². The number of thiophene rings is 1. The molecule has 2 aromatic carbocycles. The maximum absolute atomic E-state index is 10.4. The van der Waals surface area contributed by atoms with E-state index in [1.54, 1.807) is 17.4 Å². The average molecular weight is 438 g/mol. The van der Waals surface area contributed by atoms with Gasteiger partial charge in [-0.1, -0.05) is 39.0 Å². The highest BCUT2D eigenvalue weighted by Gasteiger charge is 2.17. The third kappa shape index (κ3) is 5.30. The average Bonchev–Trinajstić information content (AvgIpc) is 3.42. The summed E-state index contributed by atoms with van der Waals surface area (Å²) in [6, 6.07) is 15.6. The van der Waals surface area contributed by atoms with Crippen LogP contribution in [0.3, 0.4) is 0 Å². The van der Waals surface area contributed by atoms with Gasteiger partial charge in [-0.3, -0.25) is 0 Å². The number of phenolic OH excluding ortho intramolecular Hbond substituents is 1. The van der Waals surface area contributed by atoms with Gasteiger partial charge in [-0.25, -0.2) is 4.99 Å². The minimum absolute atomic E-state index is 0.0294. The minimum Gasteiger partial charge on any atom is -0.506 e. The monoisotopic (exact) mass is 437 g/mol. The Morgan fingerprint density at radius 1 is 1.10 bits per heavy atom. The molecule has 7 heteroatoms. The first kappa shape index (κ1) is 21.1. The zero-order valence-corrected chi connectivity index (χ0v) is 18.8. The maximum atomic E-state index is 10.4. The quantitative estimate of drug-likeness (QED) is 0.289. The fraction of sp³-hybridized carbons (Fsp3) is 0.292. The van der Waals surface area contributed by atoms with E-state index < -0.39 is 0 Å². The highest BCUT2D eigenvalue weighted by Crippen LogP contribution is 2.33. The number of hydrogen-bond donors (Lipinski definition) is 3. The summed E-state index contributed by atoms with van der Waals surface area (Å²) in [6.07, 6.45) is 0. The van der Waals surface area contributed by atoms with Gasteiger partial charge in [0.15, 0.2) is 17.5 Å². The van der Waals surface area contributed by atoms with Crippen molar-refractivity contribution >= 4 is 23.0 Å². The summed E-state index contributed by atoms with van der Waals surface area (Å²) in [6.45, 7) is 7.79. The Morgan fingerprint density at radius 3 is 2.71 bits per heavy atom. The molecule has 0 atom stereocenters. The molecule has 0 saturated heterocycles. The van der Waals surface area contributed by atoms with E-state index in [0.29, 0.717) is 24.7 Å².